The first kappa shape index (κ1) is 14.9. The standard InChI is InChI=1S/C13H16FN3O2S/c1-13(2)9-16-5-6-17(13)20(18,19)11-3-4-12(14)10(7-11)8-15/h3-4,7,16H,5-6,9H2,1-2H3. The van der Waals surface area contributed by atoms with E-state index in [1.807, 2.05) is 13.8 Å². The summed E-state index contributed by atoms with van der Waals surface area (Å²) in [6, 6.07) is 4.96. The molecule has 1 heterocycles. The zero-order valence-corrected chi connectivity index (χ0v) is 12.2. The van der Waals surface area contributed by atoms with E-state index in [1.165, 1.54) is 10.4 Å². The van der Waals surface area contributed by atoms with Crippen molar-refractivity contribution in [1.29, 1.82) is 5.26 Å². The van der Waals surface area contributed by atoms with Gasteiger partial charge in [0.15, 0.2) is 0 Å². The molecule has 20 heavy (non-hydrogen) atoms. The lowest BCUT2D eigenvalue weighted by atomic mass is 10.0. The Balaban J connectivity index is 2.48. The summed E-state index contributed by atoms with van der Waals surface area (Å²) < 4.78 is 40.0. The average Bonchev–Trinajstić information content (AvgIpc) is 2.38. The van der Waals surface area contributed by atoms with E-state index in [-0.39, 0.29) is 10.5 Å². The molecule has 5 nitrogen and oxygen atoms in total. The Morgan fingerprint density at radius 1 is 1.45 bits per heavy atom. The van der Waals surface area contributed by atoms with Gasteiger partial charge in [0, 0.05) is 25.2 Å². The molecule has 0 unspecified atom stereocenters. The second kappa shape index (κ2) is 5.13. The first-order valence-corrected chi connectivity index (χ1v) is 7.66. The van der Waals surface area contributed by atoms with E-state index in [4.69, 9.17) is 5.26 Å². The SMILES string of the molecule is CC1(C)CNCCN1S(=O)(=O)c1ccc(F)c(C#N)c1. The van der Waals surface area contributed by atoms with Crippen LogP contribution in [0.25, 0.3) is 0 Å². The molecule has 7 heteroatoms. The molecule has 0 aromatic heterocycles. The number of halogens is 1. The van der Waals surface area contributed by atoms with Gasteiger partial charge in [0.25, 0.3) is 0 Å². The fraction of sp³-hybridized carbons (Fsp3) is 0.462. The predicted molar refractivity (Wildman–Crippen MR) is 72.0 cm³/mol. The Morgan fingerprint density at radius 3 is 2.75 bits per heavy atom. The van der Waals surface area contributed by atoms with Gasteiger partial charge in [0.2, 0.25) is 10.0 Å². The highest BCUT2D eigenvalue weighted by Crippen LogP contribution is 2.26. The molecule has 108 valence electrons. The molecule has 1 N–H and O–H groups in total. The normalized spacial score (nSPS) is 19.5. The first-order valence-electron chi connectivity index (χ1n) is 6.22. The van der Waals surface area contributed by atoms with Gasteiger partial charge in [-0.3, -0.25) is 0 Å². The topological polar surface area (TPSA) is 73.2 Å². The van der Waals surface area contributed by atoms with Gasteiger partial charge in [0.1, 0.15) is 11.9 Å². The summed E-state index contributed by atoms with van der Waals surface area (Å²) in [7, 11) is -3.74. The van der Waals surface area contributed by atoms with E-state index < -0.39 is 21.4 Å². The molecule has 1 aromatic rings. The second-order valence-electron chi connectivity index (χ2n) is 5.32. The lowest BCUT2D eigenvalue weighted by Gasteiger charge is -2.41. The van der Waals surface area contributed by atoms with Crippen LogP contribution in [-0.2, 0) is 10.0 Å². The van der Waals surface area contributed by atoms with Gasteiger partial charge in [-0.05, 0) is 32.0 Å². The minimum atomic E-state index is -3.74. The number of nitrogens with zero attached hydrogens (tertiary/aromatic N) is 2. The number of nitrogens with one attached hydrogen (secondary N) is 1. The third kappa shape index (κ3) is 2.54. The van der Waals surface area contributed by atoms with Crippen LogP contribution in [0.1, 0.15) is 19.4 Å². The van der Waals surface area contributed by atoms with Gasteiger partial charge in [-0.25, -0.2) is 12.8 Å². The molecule has 2 rings (SSSR count). The van der Waals surface area contributed by atoms with E-state index in [0.717, 1.165) is 12.1 Å². The van der Waals surface area contributed by atoms with Gasteiger partial charge >= 0.3 is 0 Å². The summed E-state index contributed by atoms with van der Waals surface area (Å²) in [5, 5.41) is 12.0. The zero-order chi connectivity index (χ0) is 15.0. The highest BCUT2D eigenvalue weighted by Gasteiger charge is 2.39. The summed E-state index contributed by atoms with van der Waals surface area (Å²) in [5.41, 5.74) is -0.836. The van der Waals surface area contributed by atoms with Gasteiger partial charge < -0.3 is 5.32 Å². The number of hydrogen-bond acceptors (Lipinski definition) is 4. The van der Waals surface area contributed by atoms with Crippen LogP contribution in [0.15, 0.2) is 23.1 Å². The first-order chi connectivity index (χ1) is 9.29. The maximum atomic E-state index is 13.3. The summed E-state index contributed by atoms with van der Waals surface area (Å²) >= 11 is 0. The van der Waals surface area contributed by atoms with Crippen LogP contribution in [0.4, 0.5) is 4.39 Å². The van der Waals surface area contributed by atoms with Crippen molar-refractivity contribution in [2.75, 3.05) is 19.6 Å². The van der Waals surface area contributed by atoms with Crippen LogP contribution in [0.3, 0.4) is 0 Å². The third-order valence-electron chi connectivity index (χ3n) is 3.37. The molecule has 0 spiro atoms. The fourth-order valence-corrected chi connectivity index (χ4v) is 4.10. The quantitative estimate of drug-likeness (QED) is 0.886. The fourth-order valence-electron chi connectivity index (χ4n) is 2.29. The van der Waals surface area contributed by atoms with Gasteiger partial charge in [-0.1, -0.05) is 0 Å². The zero-order valence-electron chi connectivity index (χ0n) is 11.4. The molecule has 1 aliphatic rings. The Kier molecular flexibility index (Phi) is 3.82. The number of benzene rings is 1. The molecule has 1 saturated heterocycles. The summed E-state index contributed by atoms with van der Waals surface area (Å²) in [6.45, 7) is 5.10. The van der Waals surface area contributed by atoms with Crippen molar-refractivity contribution in [3.05, 3.63) is 29.6 Å². The molecular weight excluding hydrogens is 281 g/mol. The highest BCUT2D eigenvalue weighted by molar-refractivity contribution is 7.89. The van der Waals surface area contributed by atoms with Crippen LogP contribution < -0.4 is 5.32 Å². The van der Waals surface area contributed by atoms with Crippen molar-refractivity contribution in [3.63, 3.8) is 0 Å². The maximum absolute atomic E-state index is 13.3. The Morgan fingerprint density at radius 2 is 2.15 bits per heavy atom. The monoisotopic (exact) mass is 297 g/mol. The van der Waals surface area contributed by atoms with Gasteiger partial charge in [-0.2, -0.15) is 9.57 Å². The molecule has 0 atom stereocenters. The van der Waals surface area contributed by atoms with Crippen LogP contribution in [0.2, 0.25) is 0 Å². The van der Waals surface area contributed by atoms with Crippen LogP contribution >= 0.6 is 0 Å². The van der Waals surface area contributed by atoms with Crippen LogP contribution in [-0.4, -0.2) is 37.9 Å². The van der Waals surface area contributed by atoms with Crippen LogP contribution in [0.5, 0.6) is 0 Å². The molecule has 0 saturated carbocycles. The van der Waals surface area contributed by atoms with Gasteiger partial charge in [0.05, 0.1) is 10.5 Å². The van der Waals surface area contributed by atoms with E-state index in [0.29, 0.717) is 19.6 Å². The van der Waals surface area contributed by atoms with E-state index in [1.54, 1.807) is 6.07 Å². The van der Waals surface area contributed by atoms with E-state index in [9.17, 15) is 12.8 Å². The molecule has 0 bridgehead atoms. The lowest BCUT2D eigenvalue weighted by Crippen LogP contribution is -2.59. The number of piperazine rings is 1. The minimum Gasteiger partial charge on any atom is -0.314 e. The molecule has 1 aliphatic heterocycles. The highest BCUT2D eigenvalue weighted by atomic mass is 32.2. The summed E-state index contributed by atoms with van der Waals surface area (Å²) in [5.74, 6) is -0.717. The van der Waals surface area contributed by atoms with Gasteiger partial charge in [-0.15, -0.1) is 0 Å². The third-order valence-corrected chi connectivity index (χ3v) is 5.48. The molecular formula is C13H16FN3O2S. The van der Waals surface area contributed by atoms with Crippen molar-refractivity contribution < 1.29 is 12.8 Å². The minimum absolute atomic E-state index is 0.0505. The number of nitriles is 1. The number of hydrogen-bond donors (Lipinski definition) is 1. The Bertz CT molecular complexity index is 665. The van der Waals surface area contributed by atoms with Crippen molar-refractivity contribution in [1.82, 2.24) is 9.62 Å². The lowest BCUT2D eigenvalue weighted by molar-refractivity contribution is 0.186. The predicted octanol–water partition coefficient (Wildman–Crippen LogP) is 1.07. The molecule has 1 fully saturated rings. The van der Waals surface area contributed by atoms with E-state index >= 15 is 0 Å². The number of rotatable bonds is 2. The van der Waals surface area contributed by atoms with Crippen molar-refractivity contribution in [2.24, 2.45) is 0 Å². The van der Waals surface area contributed by atoms with Crippen molar-refractivity contribution >= 4 is 10.0 Å². The van der Waals surface area contributed by atoms with Crippen molar-refractivity contribution in [3.8, 4) is 6.07 Å². The largest absolute Gasteiger partial charge is 0.314 e. The van der Waals surface area contributed by atoms with Crippen LogP contribution in [0, 0.1) is 17.1 Å². The Labute approximate surface area is 118 Å². The number of sulfonamides is 1. The Hall–Kier alpha value is -1.49. The second-order valence-corrected chi connectivity index (χ2v) is 7.18. The summed E-state index contributed by atoms with van der Waals surface area (Å²) in [4.78, 5) is -0.0505. The smallest absolute Gasteiger partial charge is 0.243 e. The molecule has 0 radical (unpaired) electrons. The maximum Gasteiger partial charge on any atom is 0.243 e. The van der Waals surface area contributed by atoms with E-state index in [2.05, 4.69) is 5.32 Å². The molecule has 0 aliphatic carbocycles. The van der Waals surface area contributed by atoms with Crippen molar-refractivity contribution in [2.45, 2.75) is 24.3 Å². The molecule has 0 amide bonds. The summed E-state index contributed by atoms with van der Waals surface area (Å²) in [6.07, 6.45) is 0. The average molecular weight is 297 g/mol. The molecule has 1 aromatic carbocycles.